The summed E-state index contributed by atoms with van der Waals surface area (Å²) in [6.07, 6.45) is -1.53. The van der Waals surface area contributed by atoms with Gasteiger partial charge < -0.3 is 25.6 Å². The molecule has 1 aromatic carbocycles. The fourth-order valence-corrected chi connectivity index (χ4v) is 1.63. The third-order valence-corrected chi connectivity index (χ3v) is 2.55. The van der Waals surface area contributed by atoms with Crippen molar-refractivity contribution in [3.63, 3.8) is 0 Å². The molecule has 1 rings (SSSR count). The highest BCUT2D eigenvalue weighted by molar-refractivity contribution is 5.99. The van der Waals surface area contributed by atoms with Gasteiger partial charge in [0.1, 0.15) is 17.4 Å². The van der Waals surface area contributed by atoms with Crippen molar-refractivity contribution < 1.29 is 29.3 Å². The number of carbonyl (C=O) groups excluding carboxylic acids is 2. The van der Waals surface area contributed by atoms with E-state index in [1.165, 1.54) is 12.1 Å². The molecule has 8 heteroatoms. The molecule has 1 unspecified atom stereocenters. The second kappa shape index (κ2) is 7.48. The third kappa shape index (κ3) is 6.68. The molecule has 0 heterocycles. The van der Waals surface area contributed by atoms with Gasteiger partial charge in [0.2, 0.25) is 5.91 Å². The van der Waals surface area contributed by atoms with Gasteiger partial charge in [0, 0.05) is 0 Å². The Morgan fingerprint density at radius 2 is 1.83 bits per heavy atom. The predicted octanol–water partition coefficient (Wildman–Crippen LogP) is 1.70. The Balaban J connectivity index is 2.80. The Bertz CT molecular complexity index is 594. The number of carboxylic acid groups (broad SMARTS) is 1. The van der Waals surface area contributed by atoms with Crippen LogP contribution in [-0.4, -0.2) is 39.8 Å². The van der Waals surface area contributed by atoms with Gasteiger partial charge in [-0.15, -0.1) is 0 Å². The molecule has 0 aliphatic heterocycles. The molecule has 0 spiro atoms. The number of benzene rings is 1. The molecule has 0 bridgehead atoms. The number of aliphatic carboxylic acids is 1. The number of carbonyl (C=O) groups is 3. The van der Waals surface area contributed by atoms with Crippen molar-refractivity contribution in [2.24, 2.45) is 0 Å². The molecule has 23 heavy (non-hydrogen) atoms. The first-order valence-corrected chi connectivity index (χ1v) is 6.88. The Kier molecular flexibility index (Phi) is 5.94. The van der Waals surface area contributed by atoms with E-state index in [1.807, 2.05) is 0 Å². The lowest BCUT2D eigenvalue weighted by Gasteiger charge is -2.22. The summed E-state index contributed by atoms with van der Waals surface area (Å²) in [5.41, 5.74) is -0.676. The number of alkyl carbamates (subject to hydrolysis) is 1. The lowest BCUT2D eigenvalue weighted by atomic mass is 10.2. The van der Waals surface area contributed by atoms with E-state index in [4.69, 9.17) is 9.84 Å². The number of hydrogen-bond acceptors (Lipinski definition) is 5. The summed E-state index contributed by atoms with van der Waals surface area (Å²) in [7, 11) is 0. The van der Waals surface area contributed by atoms with Crippen molar-refractivity contribution in [3.8, 4) is 5.75 Å². The molecular weight excluding hydrogens is 304 g/mol. The fraction of sp³-hybridized carbons (Fsp3) is 0.400. The predicted molar refractivity (Wildman–Crippen MR) is 82.1 cm³/mol. The van der Waals surface area contributed by atoms with Crippen LogP contribution < -0.4 is 10.6 Å². The first kappa shape index (κ1) is 18.3. The molecule has 8 nitrogen and oxygen atoms in total. The number of ether oxygens (including phenoxy) is 1. The summed E-state index contributed by atoms with van der Waals surface area (Å²) in [4.78, 5) is 34.7. The average molecular weight is 324 g/mol. The van der Waals surface area contributed by atoms with Crippen LogP contribution >= 0.6 is 0 Å². The SMILES string of the molecule is CC(C)(C)OC(=O)NC(CC(=O)O)C(=O)Nc1ccccc1O. The number of carboxylic acids is 1. The molecule has 0 aliphatic carbocycles. The maximum absolute atomic E-state index is 12.1. The zero-order valence-corrected chi connectivity index (χ0v) is 13.1. The molecule has 0 saturated heterocycles. The first-order valence-electron chi connectivity index (χ1n) is 6.88. The highest BCUT2D eigenvalue weighted by Crippen LogP contribution is 2.21. The van der Waals surface area contributed by atoms with Gasteiger partial charge in [0.05, 0.1) is 12.1 Å². The normalized spacial score (nSPS) is 12.1. The molecule has 0 aliphatic rings. The van der Waals surface area contributed by atoms with Crippen molar-refractivity contribution in [3.05, 3.63) is 24.3 Å². The standard InChI is InChI=1S/C15H20N2O6/c1-15(2,3)23-14(22)17-10(8-12(19)20)13(21)16-9-6-4-5-7-11(9)18/h4-7,10,18H,8H2,1-3H3,(H,16,21)(H,17,22)(H,19,20). The lowest BCUT2D eigenvalue weighted by molar-refractivity contribution is -0.139. The molecular formula is C15H20N2O6. The van der Waals surface area contributed by atoms with Gasteiger partial charge in [-0.05, 0) is 32.9 Å². The summed E-state index contributed by atoms with van der Waals surface area (Å²) in [6.45, 7) is 4.92. The van der Waals surface area contributed by atoms with Crippen molar-refractivity contribution in [2.45, 2.75) is 38.8 Å². The van der Waals surface area contributed by atoms with E-state index in [-0.39, 0.29) is 11.4 Å². The number of anilines is 1. The number of phenols is 1. The Hall–Kier alpha value is -2.77. The summed E-state index contributed by atoms with van der Waals surface area (Å²) < 4.78 is 5.00. The number of rotatable bonds is 5. The van der Waals surface area contributed by atoms with Crippen molar-refractivity contribution >= 4 is 23.7 Å². The summed E-state index contributed by atoms with van der Waals surface area (Å²) in [5, 5.41) is 23.1. The summed E-state index contributed by atoms with van der Waals surface area (Å²) in [5.74, 6) is -2.22. The maximum atomic E-state index is 12.1. The molecule has 4 N–H and O–H groups in total. The van der Waals surface area contributed by atoms with Crippen LogP contribution in [0.15, 0.2) is 24.3 Å². The minimum absolute atomic E-state index is 0.110. The van der Waals surface area contributed by atoms with E-state index < -0.39 is 36.0 Å². The molecule has 2 amide bonds. The third-order valence-electron chi connectivity index (χ3n) is 2.55. The molecule has 0 saturated carbocycles. The Morgan fingerprint density at radius 3 is 2.35 bits per heavy atom. The van der Waals surface area contributed by atoms with Crippen LogP contribution in [0.1, 0.15) is 27.2 Å². The van der Waals surface area contributed by atoms with Crippen molar-refractivity contribution in [1.29, 1.82) is 0 Å². The van der Waals surface area contributed by atoms with Gasteiger partial charge in [-0.1, -0.05) is 12.1 Å². The zero-order valence-electron chi connectivity index (χ0n) is 13.1. The van der Waals surface area contributed by atoms with Crippen LogP contribution in [0.2, 0.25) is 0 Å². The monoisotopic (exact) mass is 324 g/mol. The molecule has 126 valence electrons. The average Bonchev–Trinajstić information content (AvgIpc) is 2.37. The maximum Gasteiger partial charge on any atom is 0.408 e. The quantitative estimate of drug-likeness (QED) is 0.611. The van der Waals surface area contributed by atoms with E-state index in [1.54, 1.807) is 32.9 Å². The van der Waals surface area contributed by atoms with Gasteiger partial charge in [-0.3, -0.25) is 9.59 Å². The summed E-state index contributed by atoms with van der Waals surface area (Å²) >= 11 is 0. The minimum Gasteiger partial charge on any atom is -0.506 e. The van der Waals surface area contributed by atoms with Gasteiger partial charge in [0.15, 0.2) is 0 Å². The Labute approximate surface area is 133 Å². The van der Waals surface area contributed by atoms with Gasteiger partial charge >= 0.3 is 12.1 Å². The van der Waals surface area contributed by atoms with Crippen LogP contribution in [0.5, 0.6) is 5.75 Å². The summed E-state index contributed by atoms with van der Waals surface area (Å²) in [6, 6.07) is 4.62. The number of amides is 2. The zero-order chi connectivity index (χ0) is 17.6. The van der Waals surface area contributed by atoms with Crippen LogP contribution in [0, 0.1) is 0 Å². The van der Waals surface area contributed by atoms with Crippen LogP contribution in [0.25, 0.3) is 0 Å². The first-order chi connectivity index (χ1) is 10.6. The molecule has 1 atom stereocenters. The van der Waals surface area contributed by atoms with E-state index in [0.717, 1.165) is 0 Å². The molecule has 0 aromatic heterocycles. The van der Waals surface area contributed by atoms with Crippen LogP contribution in [-0.2, 0) is 14.3 Å². The molecule has 0 fully saturated rings. The number of phenolic OH excluding ortho intramolecular Hbond substituents is 1. The molecule has 1 aromatic rings. The highest BCUT2D eigenvalue weighted by Gasteiger charge is 2.27. The fourth-order valence-electron chi connectivity index (χ4n) is 1.63. The second-order valence-electron chi connectivity index (χ2n) is 5.80. The van der Waals surface area contributed by atoms with Crippen molar-refractivity contribution in [2.75, 3.05) is 5.32 Å². The van der Waals surface area contributed by atoms with Gasteiger partial charge in [-0.25, -0.2) is 4.79 Å². The number of hydrogen-bond donors (Lipinski definition) is 4. The second-order valence-corrected chi connectivity index (χ2v) is 5.80. The minimum atomic E-state index is -1.35. The van der Waals surface area contributed by atoms with E-state index in [2.05, 4.69) is 10.6 Å². The largest absolute Gasteiger partial charge is 0.506 e. The van der Waals surface area contributed by atoms with Gasteiger partial charge in [0.25, 0.3) is 0 Å². The van der Waals surface area contributed by atoms with Crippen LogP contribution in [0.3, 0.4) is 0 Å². The topological polar surface area (TPSA) is 125 Å². The lowest BCUT2D eigenvalue weighted by Crippen LogP contribution is -2.46. The van der Waals surface area contributed by atoms with E-state index >= 15 is 0 Å². The number of aromatic hydroxyl groups is 1. The van der Waals surface area contributed by atoms with Gasteiger partial charge in [-0.2, -0.15) is 0 Å². The number of nitrogens with one attached hydrogen (secondary N) is 2. The Morgan fingerprint density at radius 1 is 1.22 bits per heavy atom. The smallest absolute Gasteiger partial charge is 0.408 e. The number of para-hydroxylation sites is 2. The molecule has 0 radical (unpaired) electrons. The van der Waals surface area contributed by atoms with Crippen LogP contribution in [0.4, 0.5) is 10.5 Å². The van der Waals surface area contributed by atoms with E-state index in [9.17, 15) is 19.5 Å². The van der Waals surface area contributed by atoms with Crippen molar-refractivity contribution in [1.82, 2.24) is 5.32 Å². The highest BCUT2D eigenvalue weighted by atomic mass is 16.6. The van der Waals surface area contributed by atoms with E-state index in [0.29, 0.717) is 0 Å².